The first kappa shape index (κ1) is 10.3. The van der Waals surface area contributed by atoms with E-state index in [-0.39, 0.29) is 5.41 Å². The molecule has 0 amide bonds. The molecule has 1 heterocycles. The van der Waals surface area contributed by atoms with E-state index in [0.717, 1.165) is 23.8 Å². The van der Waals surface area contributed by atoms with Crippen LogP contribution in [-0.2, 0) is 18.4 Å². The summed E-state index contributed by atoms with van der Waals surface area (Å²) in [7, 11) is 0. The first-order chi connectivity index (χ1) is 5.99. The second-order valence-electron chi connectivity index (χ2n) is 4.20. The van der Waals surface area contributed by atoms with Crippen LogP contribution in [0.3, 0.4) is 0 Å². The minimum atomic E-state index is -0.0304. The first-order valence-corrected chi connectivity index (χ1v) is 4.68. The van der Waals surface area contributed by atoms with Crippen LogP contribution in [0, 0.1) is 0 Å². The summed E-state index contributed by atoms with van der Waals surface area (Å²) in [6.45, 7) is 8.74. The molecule has 0 aromatic carbocycles. The minimum Gasteiger partial charge on any atom is -0.444 e. The van der Waals surface area contributed by atoms with Gasteiger partial charge in [0.2, 0.25) is 0 Å². The highest BCUT2D eigenvalue weighted by molar-refractivity contribution is 5.13. The fraction of sp³-hybridized carbons (Fsp3) is 0.700. The molecule has 1 aromatic heterocycles. The van der Waals surface area contributed by atoms with Crippen LogP contribution in [-0.4, -0.2) is 4.98 Å². The summed E-state index contributed by atoms with van der Waals surface area (Å²) in [5, 5.41) is 0. The number of hydrogen-bond donors (Lipinski definition) is 1. The average molecular weight is 182 g/mol. The van der Waals surface area contributed by atoms with Crippen LogP contribution in [0.15, 0.2) is 4.42 Å². The van der Waals surface area contributed by atoms with E-state index in [4.69, 9.17) is 10.2 Å². The van der Waals surface area contributed by atoms with Gasteiger partial charge in [0.25, 0.3) is 0 Å². The van der Waals surface area contributed by atoms with Crippen LogP contribution in [0.4, 0.5) is 0 Å². The molecule has 3 nitrogen and oxygen atoms in total. The van der Waals surface area contributed by atoms with Gasteiger partial charge < -0.3 is 10.2 Å². The highest BCUT2D eigenvalue weighted by Gasteiger charge is 2.22. The summed E-state index contributed by atoms with van der Waals surface area (Å²) >= 11 is 0. The molecule has 0 saturated heterocycles. The Labute approximate surface area is 79.3 Å². The lowest BCUT2D eigenvalue weighted by Crippen LogP contribution is -2.11. The Morgan fingerprint density at radius 1 is 1.38 bits per heavy atom. The van der Waals surface area contributed by atoms with E-state index in [1.54, 1.807) is 0 Å². The molecule has 0 aliphatic rings. The molecule has 2 N–H and O–H groups in total. The number of oxazole rings is 1. The third-order valence-corrected chi connectivity index (χ3v) is 1.94. The van der Waals surface area contributed by atoms with Crippen LogP contribution in [0.25, 0.3) is 0 Å². The van der Waals surface area contributed by atoms with E-state index in [0.29, 0.717) is 6.54 Å². The second-order valence-corrected chi connectivity index (χ2v) is 4.20. The van der Waals surface area contributed by atoms with Gasteiger partial charge in [-0.05, 0) is 6.42 Å². The minimum absolute atomic E-state index is 0.0304. The third-order valence-electron chi connectivity index (χ3n) is 1.94. The molecule has 0 unspecified atom stereocenters. The monoisotopic (exact) mass is 182 g/mol. The second kappa shape index (κ2) is 3.50. The van der Waals surface area contributed by atoms with Crippen molar-refractivity contribution in [2.24, 2.45) is 5.73 Å². The predicted molar refractivity (Wildman–Crippen MR) is 52.5 cm³/mol. The molecular weight excluding hydrogens is 164 g/mol. The van der Waals surface area contributed by atoms with Gasteiger partial charge in [0, 0.05) is 5.41 Å². The molecule has 0 radical (unpaired) electrons. The lowest BCUT2D eigenvalue weighted by molar-refractivity contribution is 0.373. The summed E-state index contributed by atoms with van der Waals surface area (Å²) in [6, 6.07) is 0. The van der Waals surface area contributed by atoms with Gasteiger partial charge in [-0.25, -0.2) is 4.98 Å². The normalized spacial score (nSPS) is 12.1. The highest BCUT2D eigenvalue weighted by Crippen LogP contribution is 2.23. The Hall–Kier alpha value is -0.830. The molecule has 0 atom stereocenters. The van der Waals surface area contributed by atoms with E-state index < -0.39 is 0 Å². The van der Waals surface area contributed by atoms with Crippen molar-refractivity contribution in [2.45, 2.75) is 46.1 Å². The van der Waals surface area contributed by atoms with Gasteiger partial charge in [-0.2, -0.15) is 0 Å². The molecule has 1 aromatic rings. The summed E-state index contributed by atoms with van der Waals surface area (Å²) in [4.78, 5) is 4.42. The molecule has 0 aliphatic heterocycles. The Bertz CT molecular complexity index is 262. The topological polar surface area (TPSA) is 52.0 Å². The number of nitrogens with two attached hydrogens (primary N) is 1. The van der Waals surface area contributed by atoms with Crippen LogP contribution < -0.4 is 5.73 Å². The molecule has 3 heteroatoms. The van der Waals surface area contributed by atoms with Crippen molar-refractivity contribution in [3.8, 4) is 0 Å². The molecule has 0 fully saturated rings. The lowest BCUT2D eigenvalue weighted by Gasteiger charge is -2.11. The summed E-state index contributed by atoms with van der Waals surface area (Å²) in [5.41, 5.74) is 6.51. The molecule has 1 rings (SSSR count). The molecule has 74 valence electrons. The van der Waals surface area contributed by atoms with Crippen LogP contribution in [0.2, 0.25) is 0 Å². The smallest absolute Gasteiger partial charge is 0.200 e. The zero-order chi connectivity index (χ0) is 10.1. The van der Waals surface area contributed by atoms with Gasteiger partial charge in [0.1, 0.15) is 5.76 Å². The maximum atomic E-state index is 5.58. The van der Waals surface area contributed by atoms with Gasteiger partial charge in [-0.15, -0.1) is 0 Å². The Morgan fingerprint density at radius 2 is 2.00 bits per heavy atom. The molecular formula is C10H18N2O. The summed E-state index contributed by atoms with van der Waals surface area (Å²) < 4.78 is 5.58. The third kappa shape index (κ3) is 2.10. The standard InChI is InChI=1S/C10H18N2O/c1-5-7-8(6-11)13-9(12-7)10(2,3)4/h5-6,11H2,1-4H3. The Morgan fingerprint density at radius 3 is 2.31 bits per heavy atom. The van der Waals surface area contributed by atoms with Crippen LogP contribution >= 0.6 is 0 Å². The van der Waals surface area contributed by atoms with Crippen molar-refractivity contribution in [3.63, 3.8) is 0 Å². The molecule has 0 bridgehead atoms. The van der Waals surface area contributed by atoms with E-state index in [1.807, 2.05) is 0 Å². The maximum Gasteiger partial charge on any atom is 0.200 e. The zero-order valence-electron chi connectivity index (χ0n) is 8.85. The quantitative estimate of drug-likeness (QED) is 0.761. The highest BCUT2D eigenvalue weighted by atomic mass is 16.4. The zero-order valence-corrected chi connectivity index (χ0v) is 8.85. The maximum absolute atomic E-state index is 5.58. The summed E-state index contributed by atoms with van der Waals surface area (Å²) in [6.07, 6.45) is 0.881. The van der Waals surface area contributed by atoms with Gasteiger partial charge >= 0.3 is 0 Å². The van der Waals surface area contributed by atoms with Crippen molar-refractivity contribution >= 4 is 0 Å². The Kier molecular flexibility index (Phi) is 2.76. The summed E-state index contributed by atoms with van der Waals surface area (Å²) in [5.74, 6) is 1.61. The van der Waals surface area contributed by atoms with Crippen molar-refractivity contribution in [1.29, 1.82) is 0 Å². The average Bonchev–Trinajstić information content (AvgIpc) is 2.45. The van der Waals surface area contributed by atoms with Crippen molar-refractivity contribution < 1.29 is 4.42 Å². The largest absolute Gasteiger partial charge is 0.444 e. The fourth-order valence-corrected chi connectivity index (χ4v) is 1.14. The van der Waals surface area contributed by atoms with E-state index >= 15 is 0 Å². The van der Waals surface area contributed by atoms with Gasteiger partial charge in [0.05, 0.1) is 12.2 Å². The fourth-order valence-electron chi connectivity index (χ4n) is 1.14. The molecule has 0 saturated carbocycles. The molecule has 0 aliphatic carbocycles. The number of hydrogen-bond acceptors (Lipinski definition) is 3. The van der Waals surface area contributed by atoms with E-state index in [2.05, 4.69) is 32.7 Å². The van der Waals surface area contributed by atoms with Gasteiger partial charge in [0.15, 0.2) is 5.89 Å². The molecule has 0 spiro atoms. The van der Waals surface area contributed by atoms with Crippen LogP contribution in [0.1, 0.15) is 45.0 Å². The number of rotatable bonds is 2. The van der Waals surface area contributed by atoms with Gasteiger partial charge in [-0.1, -0.05) is 27.7 Å². The van der Waals surface area contributed by atoms with Crippen LogP contribution in [0.5, 0.6) is 0 Å². The number of aromatic nitrogens is 1. The van der Waals surface area contributed by atoms with Crippen molar-refractivity contribution in [2.75, 3.05) is 0 Å². The van der Waals surface area contributed by atoms with E-state index in [1.165, 1.54) is 0 Å². The Balaban J connectivity index is 3.07. The first-order valence-electron chi connectivity index (χ1n) is 4.68. The molecule has 13 heavy (non-hydrogen) atoms. The predicted octanol–water partition coefficient (Wildman–Crippen LogP) is 1.99. The SMILES string of the molecule is CCc1nc(C(C)(C)C)oc1CN. The van der Waals surface area contributed by atoms with Gasteiger partial charge in [-0.3, -0.25) is 0 Å². The number of nitrogens with zero attached hydrogens (tertiary/aromatic N) is 1. The van der Waals surface area contributed by atoms with Crippen molar-refractivity contribution in [3.05, 3.63) is 17.3 Å². The van der Waals surface area contributed by atoms with E-state index in [9.17, 15) is 0 Å². The van der Waals surface area contributed by atoms with Crippen molar-refractivity contribution in [1.82, 2.24) is 4.98 Å². The number of aryl methyl sites for hydroxylation is 1. The lowest BCUT2D eigenvalue weighted by atomic mass is 9.97.